The smallest absolute Gasteiger partial charge is 0.405 e. The van der Waals surface area contributed by atoms with Crippen LogP contribution in [-0.2, 0) is 20.9 Å². The van der Waals surface area contributed by atoms with Gasteiger partial charge in [-0.05, 0) is 48.4 Å². The Morgan fingerprint density at radius 2 is 1.41 bits per heavy atom. The lowest BCUT2D eigenvalue weighted by molar-refractivity contribution is -0.142. The summed E-state index contributed by atoms with van der Waals surface area (Å²) in [6.45, 7) is 7.04. The van der Waals surface area contributed by atoms with E-state index in [9.17, 15) is 9.59 Å². The first kappa shape index (κ1) is 20.2. The molecule has 0 fully saturated rings. The molecule has 27 heavy (non-hydrogen) atoms. The topological polar surface area (TPSA) is 78.6 Å². The Labute approximate surface area is 159 Å². The maximum absolute atomic E-state index is 11.1. The second-order valence-corrected chi connectivity index (χ2v) is 7.11. The number of hydrogen-bond acceptors (Lipinski definition) is 4. The molecule has 142 valence electrons. The number of esters is 1. The van der Waals surface area contributed by atoms with Crippen LogP contribution >= 0.6 is 0 Å². The number of ether oxygens (including phenoxy) is 2. The molecule has 0 aliphatic carbocycles. The van der Waals surface area contributed by atoms with Crippen LogP contribution in [0.4, 0.5) is 4.79 Å². The molecule has 0 aliphatic heterocycles. The summed E-state index contributed by atoms with van der Waals surface area (Å²) in [5, 5.41) is 4.62. The van der Waals surface area contributed by atoms with Crippen molar-refractivity contribution in [3.8, 4) is 0 Å². The van der Waals surface area contributed by atoms with Crippen LogP contribution in [0.1, 0.15) is 33.3 Å². The van der Waals surface area contributed by atoms with Gasteiger partial charge in [0, 0.05) is 12.5 Å². The SMILES string of the molecule is CC(=O)OCc1c2ccccc2cc2ccccc12.CC(C)(C)OC(N)=O. The third-order valence-corrected chi connectivity index (χ3v) is 3.71. The predicted octanol–water partition coefficient (Wildman–Crippen LogP) is 4.94. The lowest BCUT2D eigenvalue weighted by Crippen LogP contribution is -2.27. The van der Waals surface area contributed by atoms with E-state index in [1.165, 1.54) is 17.7 Å². The van der Waals surface area contributed by atoms with Gasteiger partial charge in [-0.1, -0.05) is 48.5 Å². The molecule has 0 spiro atoms. The maximum Gasteiger partial charge on any atom is 0.405 e. The molecule has 3 aromatic carbocycles. The minimum absolute atomic E-state index is 0.253. The number of nitrogens with two attached hydrogens (primary N) is 1. The summed E-state index contributed by atoms with van der Waals surface area (Å²) < 4.78 is 9.78. The summed E-state index contributed by atoms with van der Waals surface area (Å²) in [5.41, 5.74) is 5.34. The van der Waals surface area contributed by atoms with Crippen LogP contribution in [0.5, 0.6) is 0 Å². The van der Waals surface area contributed by atoms with E-state index in [1.807, 2.05) is 24.3 Å². The molecule has 3 aromatic rings. The van der Waals surface area contributed by atoms with Crippen molar-refractivity contribution in [1.82, 2.24) is 0 Å². The van der Waals surface area contributed by atoms with Gasteiger partial charge in [0.1, 0.15) is 12.2 Å². The third-order valence-electron chi connectivity index (χ3n) is 3.71. The number of carbonyl (C=O) groups is 2. The first-order valence-electron chi connectivity index (χ1n) is 8.68. The van der Waals surface area contributed by atoms with Gasteiger partial charge in [-0.25, -0.2) is 4.79 Å². The van der Waals surface area contributed by atoms with Crippen LogP contribution in [0.3, 0.4) is 0 Å². The van der Waals surface area contributed by atoms with E-state index in [4.69, 9.17) is 10.5 Å². The van der Waals surface area contributed by atoms with Crippen molar-refractivity contribution in [3.05, 3.63) is 60.2 Å². The minimum Gasteiger partial charge on any atom is -0.461 e. The molecule has 3 rings (SSSR count). The van der Waals surface area contributed by atoms with Crippen molar-refractivity contribution in [2.75, 3.05) is 0 Å². The monoisotopic (exact) mass is 367 g/mol. The van der Waals surface area contributed by atoms with Gasteiger partial charge in [-0.2, -0.15) is 0 Å². The molecular weight excluding hydrogens is 342 g/mol. The number of amides is 1. The second-order valence-electron chi connectivity index (χ2n) is 7.11. The third kappa shape index (κ3) is 5.99. The summed E-state index contributed by atoms with van der Waals surface area (Å²) in [7, 11) is 0. The van der Waals surface area contributed by atoms with E-state index in [2.05, 4.69) is 35.1 Å². The molecule has 0 radical (unpaired) electrons. The van der Waals surface area contributed by atoms with Gasteiger partial charge in [0.15, 0.2) is 0 Å². The summed E-state index contributed by atoms with van der Waals surface area (Å²) in [6.07, 6.45) is -0.725. The van der Waals surface area contributed by atoms with Gasteiger partial charge in [0.05, 0.1) is 0 Å². The number of primary amides is 1. The predicted molar refractivity (Wildman–Crippen MR) is 107 cm³/mol. The molecule has 2 N–H and O–H groups in total. The molecule has 5 nitrogen and oxygen atoms in total. The first-order chi connectivity index (χ1) is 12.7. The molecule has 0 bridgehead atoms. The number of benzene rings is 3. The van der Waals surface area contributed by atoms with Gasteiger partial charge in [0.25, 0.3) is 0 Å². The largest absolute Gasteiger partial charge is 0.461 e. The van der Waals surface area contributed by atoms with Crippen LogP contribution in [-0.4, -0.2) is 17.7 Å². The van der Waals surface area contributed by atoms with Crippen molar-refractivity contribution in [1.29, 1.82) is 0 Å². The zero-order valence-corrected chi connectivity index (χ0v) is 16.1. The minimum atomic E-state index is -0.725. The highest BCUT2D eigenvalue weighted by atomic mass is 16.6. The highest BCUT2D eigenvalue weighted by molar-refractivity contribution is 6.02. The molecule has 0 heterocycles. The molecule has 0 aromatic heterocycles. The summed E-state index contributed by atoms with van der Waals surface area (Å²) in [4.78, 5) is 21.1. The number of carbonyl (C=O) groups excluding carboxylic acids is 2. The average Bonchev–Trinajstić information content (AvgIpc) is 2.56. The van der Waals surface area contributed by atoms with Crippen LogP contribution in [0.15, 0.2) is 54.6 Å². The van der Waals surface area contributed by atoms with Crippen molar-refractivity contribution < 1.29 is 19.1 Å². The highest BCUT2D eigenvalue weighted by Crippen LogP contribution is 2.28. The normalized spacial score (nSPS) is 10.8. The van der Waals surface area contributed by atoms with E-state index in [1.54, 1.807) is 20.8 Å². The van der Waals surface area contributed by atoms with Crippen molar-refractivity contribution in [2.45, 2.75) is 39.9 Å². The van der Waals surface area contributed by atoms with Crippen LogP contribution in [0.2, 0.25) is 0 Å². The molecule has 0 unspecified atom stereocenters. The Bertz CT molecular complexity index is 903. The van der Waals surface area contributed by atoms with E-state index in [0.717, 1.165) is 16.3 Å². The molecule has 0 atom stereocenters. The summed E-state index contributed by atoms with van der Waals surface area (Å²) >= 11 is 0. The number of hydrogen-bond donors (Lipinski definition) is 1. The van der Waals surface area contributed by atoms with Crippen molar-refractivity contribution >= 4 is 33.6 Å². The Hall–Kier alpha value is -3.08. The lowest BCUT2D eigenvalue weighted by Gasteiger charge is -2.16. The van der Waals surface area contributed by atoms with E-state index in [-0.39, 0.29) is 5.97 Å². The fourth-order valence-corrected chi connectivity index (χ4v) is 2.74. The van der Waals surface area contributed by atoms with Gasteiger partial charge in [-0.15, -0.1) is 0 Å². The quantitative estimate of drug-likeness (QED) is 0.514. The maximum atomic E-state index is 11.1. The van der Waals surface area contributed by atoms with E-state index >= 15 is 0 Å². The van der Waals surface area contributed by atoms with Crippen molar-refractivity contribution in [3.63, 3.8) is 0 Å². The van der Waals surface area contributed by atoms with Crippen molar-refractivity contribution in [2.24, 2.45) is 5.73 Å². The number of fused-ring (bicyclic) bond motifs is 2. The Morgan fingerprint density at radius 1 is 0.926 bits per heavy atom. The lowest BCUT2D eigenvalue weighted by atomic mass is 9.97. The zero-order valence-electron chi connectivity index (χ0n) is 16.1. The van der Waals surface area contributed by atoms with Crippen LogP contribution in [0, 0.1) is 0 Å². The van der Waals surface area contributed by atoms with Crippen LogP contribution in [0.25, 0.3) is 21.5 Å². The number of rotatable bonds is 2. The fourth-order valence-electron chi connectivity index (χ4n) is 2.74. The van der Waals surface area contributed by atoms with E-state index < -0.39 is 11.7 Å². The molecular formula is C22H25NO4. The molecule has 1 amide bonds. The first-order valence-corrected chi connectivity index (χ1v) is 8.68. The average molecular weight is 367 g/mol. The van der Waals surface area contributed by atoms with Crippen LogP contribution < -0.4 is 5.73 Å². The summed E-state index contributed by atoms with van der Waals surface area (Å²) in [6, 6.07) is 18.5. The Kier molecular flexibility index (Phi) is 6.40. The van der Waals surface area contributed by atoms with Gasteiger partial charge in [0.2, 0.25) is 0 Å². The van der Waals surface area contributed by atoms with Gasteiger partial charge >= 0.3 is 12.1 Å². The molecule has 0 aliphatic rings. The fraction of sp³-hybridized carbons (Fsp3) is 0.273. The summed E-state index contributed by atoms with van der Waals surface area (Å²) in [5.74, 6) is -0.253. The molecule has 5 heteroatoms. The molecule has 0 saturated heterocycles. The Balaban J connectivity index is 0.000000279. The standard InChI is InChI=1S/C17H14O2.C5H11NO2/c1-12(18)19-11-17-15-8-4-2-6-13(15)10-14-7-3-5-9-16(14)17;1-5(2,3)8-4(6)7/h2-10H,11H2,1H3;1-3H3,(H2,6,7). The Morgan fingerprint density at radius 3 is 1.78 bits per heavy atom. The zero-order chi connectivity index (χ0) is 20.0. The van der Waals surface area contributed by atoms with Gasteiger partial charge in [-0.3, -0.25) is 4.79 Å². The molecule has 0 saturated carbocycles. The second kappa shape index (κ2) is 8.54. The van der Waals surface area contributed by atoms with Gasteiger partial charge < -0.3 is 15.2 Å². The van der Waals surface area contributed by atoms with E-state index in [0.29, 0.717) is 6.61 Å². The highest BCUT2D eigenvalue weighted by Gasteiger charge is 2.12.